The Morgan fingerprint density at radius 1 is 0.681 bits per heavy atom. The minimum Gasteiger partial charge on any atom is -0.482 e. The number of nitro benzene ring substituents is 1. The number of nitro groups is 1. The lowest BCUT2D eigenvalue weighted by molar-refractivity contribution is -0.384. The zero-order chi connectivity index (χ0) is 32.6. The highest BCUT2D eigenvalue weighted by Gasteiger charge is 2.49. The summed E-state index contributed by atoms with van der Waals surface area (Å²) in [6, 6.07) is 44.3. The molecule has 1 aliphatic heterocycles. The minimum atomic E-state index is -1.53. The highest BCUT2D eigenvalue weighted by molar-refractivity contribution is 5.47. The first-order valence-corrected chi connectivity index (χ1v) is 15.3. The molecule has 0 aliphatic carbocycles. The highest BCUT2D eigenvalue weighted by Crippen LogP contribution is 2.41. The van der Waals surface area contributed by atoms with E-state index < -0.39 is 41.2 Å². The van der Waals surface area contributed by atoms with Crippen LogP contribution in [-0.2, 0) is 26.4 Å². The summed E-state index contributed by atoms with van der Waals surface area (Å²) in [4.78, 5) is 10.6. The number of rotatable bonds is 12. The average molecular weight is 634 g/mol. The third-order valence-corrected chi connectivity index (χ3v) is 8.25. The summed E-state index contributed by atoms with van der Waals surface area (Å²) in [6.45, 7) is 0.0112. The number of nitrogens with zero attached hydrogens (tertiary/aromatic N) is 1. The van der Waals surface area contributed by atoms with Gasteiger partial charge in [-0.3, -0.25) is 10.1 Å². The molecule has 0 aromatic heterocycles. The summed E-state index contributed by atoms with van der Waals surface area (Å²) in [6.07, 6.45) is -6.04. The van der Waals surface area contributed by atoms with Crippen LogP contribution in [0.15, 0.2) is 146 Å². The predicted molar refractivity (Wildman–Crippen MR) is 175 cm³/mol. The summed E-state index contributed by atoms with van der Waals surface area (Å²) in [5.74, 6) is 0.245. The third-order valence-electron chi connectivity index (χ3n) is 8.25. The molecular formula is C38H35NO8. The van der Waals surface area contributed by atoms with E-state index >= 15 is 0 Å². The zero-order valence-corrected chi connectivity index (χ0v) is 25.4. The van der Waals surface area contributed by atoms with Gasteiger partial charge >= 0.3 is 0 Å². The largest absolute Gasteiger partial charge is 0.482 e. The fourth-order valence-electron chi connectivity index (χ4n) is 5.91. The molecule has 1 aliphatic rings. The van der Waals surface area contributed by atoms with Gasteiger partial charge in [0.2, 0.25) is 0 Å². The second-order valence-electron chi connectivity index (χ2n) is 11.2. The second-order valence-corrected chi connectivity index (χ2v) is 11.2. The molecule has 0 saturated carbocycles. The van der Waals surface area contributed by atoms with E-state index in [9.17, 15) is 20.3 Å². The average Bonchev–Trinajstić information content (AvgIpc) is 3.12. The molecule has 240 valence electrons. The first kappa shape index (κ1) is 32.1. The van der Waals surface area contributed by atoms with Crippen molar-refractivity contribution in [2.75, 3.05) is 6.61 Å². The molecule has 5 aromatic carbocycles. The van der Waals surface area contributed by atoms with Gasteiger partial charge < -0.3 is 29.2 Å². The van der Waals surface area contributed by atoms with Crippen LogP contribution < -0.4 is 4.74 Å². The first-order chi connectivity index (χ1) is 23.0. The number of hydrogen-bond acceptors (Lipinski definition) is 8. The lowest BCUT2D eigenvalue weighted by atomic mass is 9.80. The molecule has 5 atom stereocenters. The number of aliphatic hydroxyl groups is 2. The summed E-state index contributed by atoms with van der Waals surface area (Å²) >= 11 is 0. The van der Waals surface area contributed by atoms with Gasteiger partial charge in [0.25, 0.3) is 5.69 Å². The van der Waals surface area contributed by atoms with Gasteiger partial charge in [-0.15, -0.1) is 0 Å². The number of aliphatic hydroxyl groups excluding tert-OH is 2. The Morgan fingerprint density at radius 2 is 1.17 bits per heavy atom. The monoisotopic (exact) mass is 633 g/mol. The molecule has 1 heterocycles. The van der Waals surface area contributed by atoms with Gasteiger partial charge in [-0.25, -0.2) is 0 Å². The smallest absolute Gasteiger partial charge is 0.269 e. The van der Waals surface area contributed by atoms with Crippen molar-refractivity contribution in [2.45, 2.75) is 42.9 Å². The molecule has 0 amide bonds. The van der Waals surface area contributed by atoms with Gasteiger partial charge in [0.05, 0.1) is 18.1 Å². The maximum atomic E-state index is 11.8. The number of benzene rings is 5. The summed E-state index contributed by atoms with van der Waals surface area (Å²) in [5, 5.41) is 34.2. The molecular weight excluding hydrogens is 598 g/mol. The standard InChI is InChI=1S/C38H35NO8/c40-34-33(26-45-38(28-15-7-2-8-16-28,29-17-9-3-10-18-29)30-19-11-4-12-20-30)47-37(41)36(35(34)44-25-27-13-5-1-6-14-27)46-32-23-21-31(22-24-32)39(42)43/h1-24,33-37,40-41H,25-26H2/t33-,34+,35+,36-,37+/m1/s1. The van der Waals surface area contributed by atoms with Crippen LogP contribution in [0.5, 0.6) is 5.75 Å². The molecule has 0 bridgehead atoms. The number of hydrogen-bond donors (Lipinski definition) is 2. The summed E-state index contributed by atoms with van der Waals surface area (Å²) < 4.78 is 25.2. The van der Waals surface area contributed by atoms with Crippen LogP contribution in [0.25, 0.3) is 0 Å². The molecule has 2 N–H and O–H groups in total. The summed E-state index contributed by atoms with van der Waals surface area (Å²) in [7, 11) is 0. The lowest BCUT2D eigenvalue weighted by Gasteiger charge is -2.44. The van der Waals surface area contributed by atoms with E-state index in [1.54, 1.807) is 0 Å². The Labute approximate surface area is 272 Å². The molecule has 47 heavy (non-hydrogen) atoms. The van der Waals surface area contributed by atoms with Crippen molar-refractivity contribution in [3.05, 3.63) is 178 Å². The maximum absolute atomic E-state index is 11.8. The molecule has 0 radical (unpaired) electrons. The minimum absolute atomic E-state index is 0.106. The Balaban J connectivity index is 1.31. The molecule has 9 heteroatoms. The molecule has 0 unspecified atom stereocenters. The van der Waals surface area contributed by atoms with Crippen LogP contribution >= 0.6 is 0 Å². The van der Waals surface area contributed by atoms with E-state index in [1.807, 2.05) is 121 Å². The molecule has 1 fully saturated rings. The molecule has 6 rings (SSSR count). The van der Waals surface area contributed by atoms with E-state index in [4.69, 9.17) is 18.9 Å². The van der Waals surface area contributed by atoms with Crippen LogP contribution in [-0.4, -0.2) is 52.4 Å². The van der Waals surface area contributed by atoms with Crippen molar-refractivity contribution < 1.29 is 34.1 Å². The molecule has 0 spiro atoms. The van der Waals surface area contributed by atoms with Gasteiger partial charge in [0.1, 0.15) is 29.7 Å². The van der Waals surface area contributed by atoms with E-state index in [2.05, 4.69) is 0 Å². The van der Waals surface area contributed by atoms with Crippen molar-refractivity contribution in [2.24, 2.45) is 0 Å². The predicted octanol–water partition coefficient (Wildman–Crippen LogP) is 6.01. The van der Waals surface area contributed by atoms with Gasteiger partial charge in [-0.1, -0.05) is 121 Å². The fourth-order valence-corrected chi connectivity index (χ4v) is 5.91. The van der Waals surface area contributed by atoms with Crippen molar-refractivity contribution in [3.8, 4) is 5.75 Å². The van der Waals surface area contributed by atoms with Gasteiger partial charge in [-0.2, -0.15) is 0 Å². The lowest BCUT2D eigenvalue weighted by Crippen LogP contribution is -2.61. The molecule has 1 saturated heterocycles. The topological polar surface area (TPSA) is 121 Å². The van der Waals surface area contributed by atoms with Crippen molar-refractivity contribution in [3.63, 3.8) is 0 Å². The van der Waals surface area contributed by atoms with Crippen LogP contribution in [0.3, 0.4) is 0 Å². The van der Waals surface area contributed by atoms with Crippen LogP contribution in [0.4, 0.5) is 5.69 Å². The van der Waals surface area contributed by atoms with Gasteiger partial charge in [0, 0.05) is 12.1 Å². The van der Waals surface area contributed by atoms with E-state index in [-0.39, 0.29) is 24.7 Å². The maximum Gasteiger partial charge on any atom is 0.269 e. The van der Waals surface area contributed by atoms with Gasteiger partial charge in [-0.05, 0) is 34.4 Å². The summed E-state index contributed by atoms with van der Waals surface area (Å²) in [5.41, 5.74) is 2.30. The van der Waals surface area contributed by atoms with Crippen molar-refractivity contribution in [1.29, 1.82) is 0 Å². The fraction of sp³-hybridized carbons (Fsp3) is 0.211. The second kappa shape index (κ2) is 14.7. The van der Waals surface area contributed by atoms with Gasteiger partial charge in [0.15, 0.2) is 12.4 Å². The quantitative estimate of drug-likeness (QED) is 0.0974. The highest BCUT2D eigenvalue weighted by atomic mass is 16.7. The molecule has 5 aromatic rings. The Hall–Kier alpha value is -4.90. The Bertz CT molecular complexity index is 1610. The SMILES string of the molecule is O=[N+]([O-])c1ccc(O[C@@H]2[C@@H](OCc3ccccc3)[C@@H](O)[C@@H](COC(c3ccccc3)(c3ccccc3)c3ccccc3)O[C@@H]2O)cc1. The van der Waals surface area contributed by atoms with Crippen molar-refractivity contribution in [1.82, 2.24) is 0 Å². The van der Waals surface area contributed by atoms with E-state index in [1.165, 1.54) is 24.3 Å². The Kier molecular flexibility index (Phi) is 10.0. The van der Waals surface area contributed by atoms with Crippen LogP contribution in [0.1, 0.15) is 22.3 Å². The number of non-ortho nitro benzene ring substituents is 1. The Morgan fingerprint density at radius 3 is 1.66 bits per heavy atom. The zero-order valence-electron chi connectivity index (χ0n) is 25.4. The first-order valence-electron chi connectivity index (χ1n) is 15.3. The van der Waals surface area contributed by atoms with E-state index in [0.717, 1.165) is 22.3 Å². The van der Waals surface area contributed by atoms with Crippen LogP contribution in [0, 0.1) is 10.1 Å². The normalized spacial score (nSPS) is 21.2. The number of ether oxygens (including phenoxy) is 4. The van der Waals surface area contributed by atoms with Crippen LogP contribution in [0.2, 0.25) is 0 Å². The third kappa shape index (κ3) is 7.10. The molecule has 9 nitrogen and oxygen atoms in total. The van der Waals surface area contributed by atoms with E-state index in [0.29, 0.717) is 0 Å². The van der Waals surface area contributed by atoms with Crippen molar-refractivity contribution >= 4 is 5.69 Å².